The topological polar surface area (TPSA) is 77.5 Å². The van der Waals surface area contributed by atoms with Crippen molar-refractivity contribution in [2.24, 2.45) is 0 Å². The zero-order chi connectivity index (χ0) is 19.2. The monoisotopic (exact) mass is 398 g/mol. The third kappa shape index (κ3) is 4.59. The minimum absolute atomic E-state index is 0.684. The summed E-state index contributed by atoms with van der Waals surface area (Å²) in [5.74, 6) is 2.59. The summed E-state index contributed by atoms with van der Waals surface area (Å²) in [5.41, 5.74) is 1.25. The van der Waals surface area contributed by atoms with Crippen molar-refractivity contribution in [3.8, 4) is 0 Å². The first kappa shape index (κ1) is 19.1. The highest BCUT2D eigenvalue weighted by Crippen LogP contribution is 2.23. The van der Waals surface area contributed by atoms with Crippen LogP contribution >= 0.6 is 11.8 Å². The molecule has 0 spiro atoms. The summed E-state index contributed by atoms with van der Waals surface area (Å²) in [7, 11) is 0. The van der Waals surface area contributed by atoms with Crippen LogP contribution in [-0.4, -0.2) is 53.0 Å². The van der Waals surface area contributed by atoms with Crippen molar-refractivity contribution in [2.75, 3.05) is 13.1 Å². The van der Waals surface area contributed by atoms with Gasteiger partial charge in [0.15, 0.2) is 11.0 Å². The third-order valence-electron chi connectivity index (χ3n) is 4.91. The van der Waals surface area contributed by atoms with E-state index < -0.39 is 0 Å². The largest absolute Gasteiger partial charge is 0.300 e. The molecule has 1 aliphatic heterocycles. The van der Waals surface area contributed by atoms with E-state index in [0.29, 0.717) is 5.75 Å². The first-order valence-electron chi connectivity index (χ1n) is 9.89. The first-order valence-corrected chi connectivity index (χ1v) is 10.9. The standard InChI is InChI=1S/C19H26N8S/c1-2-10-27-18(21-23-24-27)15-28-19-22-20-17(14-25-11-6-7-12-25)26(19)13-16-8-4-3-5-9-16/h3-5,8-9H,2,6-7,10-15H2,1H3. The highest BCUT2D eigenvalue weighted by atomic mass is 32.2. The van der Waals surface area contributed by atoms with E-state index in [-0.39, 0.29) is 0 Å². The van der Waals surface area contributed by atoms with Crippen LogP contribution in [0, 0.1) is 0 Å². The van der Waals surface area contributed by atoms with E-state index in [1.165, 1.54) is 18.4 Å². The van der Waals surface area contributed by atoms with Crippen LogP contribution in [0.25, 0.3) is 0 Å². The van der Waals surface area contributed by atoms with Crippen molar-refractivity contribution in [3.63, 3.8) is 0 Å². The summed E-state index contributed by atoms with van der Waals surface area (Å²) in [5, 5.41) is 22.0. The van der Waals surface area contributed by atoms with Gasteiger partial charge >= 0.3 is 0 Å². The van der Waals surface area contributed by atoms with E-state index in [4.69, 9.17) is 0 Å². The van der Waals surface area contributed by atoms with Gasteiger partial charge in [-0.05, 0) is 48.3 Å². The van der Waals surface area contributed by atoms with Gasteiger partial charge in [-0.25, -0.2) is 4.68 Å². The van der Waals surface area contributed by atoms with Crippen LogP contribution in [-0.2, 0) is 25.4 Å². The fourth-order valence-electron chi connectivity index (χ4n) is 3.45. The number of hydrogen-bond acceptors (Lipinski definition) is 7. The van der Waals surface area contributed by atoms with Crippen LogP contribution in [0.3, 0.4) is 0 Å². The Morgan fingerprint density at radius 1 is 0.964 bits per heavy atom. The molecule has 0 unspecified atom stereocenters. The summed E-state index contributed by atoms with van der Waals surface area (Å²) in [6.07, 6.45) is 3.55. The average molecular weight is 399 g/mol. The molecule has 2 aromatic heterocycles. The molecule has 8 nitrogen and oxygen atoms in total. The molecule has 4 rings (SSSR count). The number of rotatable bonds is 9. The van der Waals surface area contributed by atoms with Crippen molar-refractivity contribution in [1.29, 1.82) is 0 Å². The van der Waals surface area contributed by atoms with Crippen molar-refractivity contribution >= 4 is 11.8 Å². The Balaban J connectivity index is 1.53. The van der Waals surface area contributed by atoms with Crippen molar-refractivity contribution < 1.29 is 0 Å². The maximum atomic E-state index is 4.53. The van der Waals surface area contributed by atoms with Gasteiger partial charge in [0.25, 0.3) is 0 Å². The maximum absolute atomic E-state index is 4.53. The Bertz CT molecular complexity index is 869. The van der Waals surface area contributed by atoms with Crippen LogP contribution in [0.1, 0.15) is 43.4 Å². The molecular formula is C19H26N8S. The molecule has 0 aliphatic carbocycles. The molecule has 1 aromatic carbocycles. The Labute approximate surface area is 169 Å². The number of benzene rings is 1. The van der Waals surface area contributed by atoms with Gasteiger partial charge in [-0.2, -0.15) is 0 Å². The smallest absolute Gasteiger partial charge is 0.192 e. The van der Waals surface area contributed by atoms with Crippen LogP contribution < -0.4 is 0 Å². The molecule has 3 heterocycles. The number of aromatic nitrogens is 7. The van der Waals surface area contributed by atoms with Gasteiger partial charge in [-0.15, -0.1) is 15.3 Å². The lowest BCUT2D eigenvalue weighted by molar-refractivity contribution is 0.316. The number of thioether (sulfide) groups is 1. The van der Waals surface area contributed by atoms with Crippen LogP contribution in [0.4, 0.5) is 0 Å². The Morgan fingerprint density at radius 2 is 1.79 bits per heavy atom. The minimum Gasteiger partial charge on any atom is -0.300 e. The molecule has 3 aromatic rings. The summed E-state index contributed by atoms with van der Waals surface area (Å²) < 4.78 is 4.11. The minimum atomic E-state index is 0.684. The SMILES string of the molecule is CCCn1nnnc1CSc1nnc(CN2CCCC2)n1Cc1ccccc1. The summed E-state index contributed by atoms with van der Waals surface area (Å²) >= 11 is 1.65. The lowest BCUT2D eigenvalue weighted by Crippen LogP contribution is -2.21. The fourth-order valence-corrected chi connectivity index (χ4v) is 4.34. The second-order valence-electron chi connectivity index (χ2n) is 7.06. The quantitative estimate of drug-likeness (QED) is 0.513. The van der Waals surface area contributed by atoms with Crippen LogP contribution in [0.2, 0.25) is 0 Å². The zero-order valence-electron chi connectivity index (χ0n) is 16.2. The number of aryl methyl sites for hydroxylation is 1. The van der Waals surface area contributed by atoms with Crippen LogP contribution in [0.5, 0.6) is 0 Å². The van der Waals surface area contributed by atoms with E-state index >= 15 is 0 Å². The lowest BCUT2D eigenvalue weighted by atomic mass is 10.2. The van der Waals surface area contributed by atoms with Crippen molar-refractivity contribution in [3.05, 3.63) is 47.5 Å². The lowest BCUT2D eigenvalue weighted by Gasteiger charge is -2.16. The molecule has 148 valence electrons. The van der Waals surface area contributed by atoms with Crippen molar-refractivity contribution in [2.45, 2.75) is 56.7 Å². The summed E-state index contributed by atoms with van der Waals surface area (Å²) in [6.45, 7) is 6.88. The van der Waals surface area contributed by atoms with Gasteiger partial charge in [0.1, 0.15) is 5.82 Å². The van der Waals surface area contributed by atoms with Gasteiger partial charge in [0.2, 0.25) is 0 Å². The molecule has 0 saturated carbocycles. The molecule has 1 saturated heterocycles. The number of likely N-dealkylation sites (tertiary alicyclic amines) is 1. The Kier molecular flexibility index (Phi) is 6.33. The van der Waals surface area contributed by atoms with E-state index in [0.717, 1.165) is 55.9 Å². The normalized spacial score (nSPS) is 14.8. The molecular weight excluding hydrogens is 372 g/mol. The first-order chi connectivity index (χ1) is 13.8. The van der Waals surface area contributed by atoms with Crippen molar-refractivity contribution in [1.82, 2.24) is 39.9 Å². The van der Waals surface area contributed by atoms with E-state index in [2.05, 4.69) is 66.4 Å². The number of nitrogens with zero attached hydrogens (tertiary/aromatic N) is 8. The zero-order valence-corrected chi connectivity index (χ0v) is 17.1. The van der Waals surface area contributed by atoms with Gasteiger partial charge in [0, 0.05) is 6.54 Å². The Hall–Kier alpha value is -2.26. The highest BCUT2D eigenvalue weighted by Gasteiger charge is 2.19. The molecule has 0 amide bonds. The second-order valence-corrected chi connectivity index (χ2v) is 8.00. The second kappa shape index (κ2) is 9.29. The molecule has 0 N–H and O–H groups in total. The summed E-state index contributed by atoms with van der Waals surface area (Å²) in [6, 6.07) is 10.5. The molecule has 1 fully saturated rings. The average Bonchev–Trinajstić information content (AvgIpc) is 3.45. The van der Waals surface area contributed by atoms with Gasteiger partial charge in [0.05, 0.1) is 18.8 Å². The molecule has 0 bridgehead atoms. The number of hydrogen-bond donors (Lipinski definition) is 0. The van der Waals surface area contributed by atoms with E-state index in [9.17, 15) is 0 Å². The van der Waals surface area contributed by atoms with Gasteiger partial charge < -0.3 is 4.57 Å². The van der Waals surface area contributed by atoms with Gasteiger partial charge in [-0.1, -0.05) is 49.0 Å². The maximum Gasteiger partial charge on any atom is 0.192 e. The highest BCUT2D eigenvalue weighted by molar-refractivity contribution is 7.98. The summed E-state index contributed by atoms with van der Waals surface area (Å²) in [4.78, 5) is 2.46. The molecule has 0 atom stereocenters. The fraction of sp³-hybridized carbons (Fsp3) is 0.526. The molecule has 1 aliphatic rings. The molecule has 9 heteroatoms. The predicted octanol–water partition coefficient (Wildman–Crippen LogP) is 2.61. The molecule has 28 heavy (non-hydrogen) atoms. The third-order valence-corrected chi connectivity index (χ3v) is 5.88. The van der Waals surface area contributed by atoms with E-state index in [1.54, 1.807) is 11.8 Å². The predicted molar refractivity (Wildman–Crippen MR) is 108 cm³/mol. The van der Waals surface area contributed by atoms with Crippen LogP contribution in [0.15, 0.2) is 35.5 Å². The Morgan fingerprint density at radius 3 is 2.57 bits per heavy atom. The number of tetrazole rings is 1. The van der Waals surface area contributed by atoms with E-state index in [1.807, 2.05) is 10.7 Å². The molecule has 0 radical (unpaired) electrons. The van der Waals surface area contributed by atoms with Gasteiger partial charge in [-0.3, -0.25) is 4.90 Å².